The highest BCUT2D eigenvalue weighted by molar-refractivity contribution is 6.30. The Hall–Kier alpha value is -0.730. The molecule has 1 aromatic carbocycles. The minimum Gasteiger partial charge on any atom is -0.496 e. The first-order valence-electron chi connectivity index (χ1n) is 5.37. The van der Waals surface area contributed by atoms with Crippen molar-refractivity contribution < 1.29 is 9.84 Å². The topological polar surface area (TPSA) is 29.5 Å². The van der Waals surface area contributed by atoms with Crippen molar-refractivity contribution in [3.63, 3.8) is 0 Å². The van der Waals surface area contributed by atoms with E-state index in [0.717, 1.165) is 16.9 Å². The predicted octanol–water partition coefficient (Wildman–Crippen LogP) is 3.70. The fourth-order valence-corrected chi connectivity index (χ4v) is 1.95. The summed E-state index contributed by atoms with van der Waals surface area (Å²) in [5.74, 6) is 1.03. The Morgan fingerprint density at radius 1 is 1.31 bits per heavy atom. The lowest BCUT2D eigenvalue weighted by atomic mass is 9.91. The second-order valence-electron chi connectivity index (χ2n) is 4.79. The highest BCUT2D eigenvalue weighted by atomic mass is 35.5. The maximum absolute atomic E-state index is 10.1. The third kappa shape index (κ3) is 2.69. The average molecular weight is 243 g/mol. The van der Waals surface area contributed by atoms with Gasteiger partial charge in [-0.15, -0.1) is 0 Å². The van der Waals surface area contributed by atoms with E-state index in [9.17, 15) is 5.11 Å². The van der Waals surface area contributed by atoms with Crippen molar-refractivity contribution in [3.05, 3.63) is 28.3 Å². The molecule has 0 radical (unpaired) electrons. The van der Waals surface area contributed by atoms with Gasteiger partial charge in [0.15, 0.2) is 0 Å². The summed E-state index contributed by atoms with van der Waals surface area (Å²) in [6.45, 7) is 7.60. The summed E-state index contributed by atoms with van der Waals surface area (Å²) in [6.07, 6.45) is 0. The highest BCUT2D eigenvalue weighted by Crippen LogP contribution is 2.38. The van der Waals surface area contributed by atoms with Crippen LogP contribution >= 0.6 is 11.6 Å². The van der Waals surface area contributed by atoms with Crippen LogP contribution in [0.3, 0.4) is 0 Å². The first kappa shape index (κ1) is 13.3. The zero-order chi connectivity index (χ0) is 12.5. The molecule has 0 unspecified atom stereocenters. The van der Waals surface area contributed by atoms with E-state index in [0.29, 0.717) is 10.9 Å². The number of methoxy groups -OCH3 is 1. The number of halogens is 1. The minimum absolute atomic E-state index is 0.301. The Morgan fingerprint density at radius 2 is 1.88 bits per heavy atom. The van der Waals surface area contributed by atoms with E-state index in [1.54, 1.807) is 27.0 Å². The maximum Gasteiger partial charge on any atom is 0.128 e. The van der Waals surface area contributed by atoms with E-state index in [4.69, 9.17) is 16.3 Å². The molecule has 1 N–H and O–H groups in total. The third-order valence-corrected chi connectivity index (χ3v) is 2.79. The van der Waals surface area contributed by atoms with Crippen LogP contribution < -0.4 is 4.74 Å². The Morgan fingerprint density at radius 3 is 2.25 bits per heavy atom. The number of hydrogen-bond acceptors (Lipinski definition) is 2. The quantitative estimate of drug-likeness (QED) is 0.876. The van der Waals surface area contributed by atoms with E-state index < -0.39 is 5.60 Å². The van der Waals surface area contributed by atoms with E-state index in [1.165, 1.54) is 0 Å². The number of rotatable bonds is 3. The molecular weight excluding hydrogens is 224 g/mol. The van der Waals surface area contributed by atoms with Crippen LogP contribution in [0.2, 0.25) is 5.02 Å². The van der Waals surface area contributed by atoms with Crippen LogP contribution in [0.4, 0.5) is 0 Å². The lowest BCUT2D eigenvalue weighted by Crippen LogP contribution is -2.18. The molecule has 0 saturated carbocycles. The van der Waals surface area contributed by atoms with Crippen LogP contribution in [0.15, 0.2) is 12.1 Å². The zero-order valence-corrected chi connectivity index (χ0v) is 11.2. The molecule has 0 amide bonds. The van der Waals surface area contributed by atoms with Crippen LogP contribution in [0.5, 0.6) is 5.75 Å². The predicted molar refractivity (Wildman–Crippen MR) is 67.3 cm³/mol. The van der Waals surface area contributed by atoms with Crippen molar-refractivity contribution in [1.82, 2.24) is 0 Å². The summed E-state index contributed by atoms with van der Waals surface area (Å²) in [4.78, 5) is 0. The van der Waals surface area contributed by atoms with E-state index in [1.807, 2.05) is 6.07 Å². The van der Waals surface area contributed by atoms with Gasteiger partial charge in [0.2, 0.25) is 0 Å². The third-order valence-electron chi connectivity index (χ3n) is 2.57. The SMILES string of the molecule is COc1c(C(C)C)cc(Cl)cc1C(C)(C)O. The summed E-state index contributed by atoms with van der Waals surface area (Å²) >= 11 is 6.06. The van der Waals surface area contributed by atoms with Crippen molar-refractivity contribution in [2.24, 2.45) is 0 Å². The first-order valence-corrected chi connectivity index (χ1v) is 5.75. The maximum atomic E-state index is 10.1. The molecule has 0 saturated heterocycles. The molecule has 3 heteroatoms. The number of aliphatic hydroxyl groups is 1. The molecule has 0 aliphatic heterocycles. The van der Waals surface area contributed by atoms with Gasteiger partial charge in [-0.25, -0.2) is 0 Å². The molecule has 0 aliphatic carbocycles. The minimum atomic E-state index is -0.958. The molecule has 0 aliphatic rings. The smallest absolute Gasteiger partial charge is 0.128 e. The molecule has 1 aromatic rings. The van der Waals surface area contributed by atoms with Gasteiger partial charge < -0.3 is 9.84 Å². The Kier molecular flexibility index (Phi) is 3.87. The van der Waals surface area contributed by atoms with E-state index in [2.05, 4.69) is 13.8 Å². The molecule has 0 bridgehead atoms. The number of benzene rings is 1. The fraction of sp³-hybridized carbons (Fsp3) is 0.538. The molecule has 16 heavy (non-hydrogen) atoms. The van der Waals surface area contributed by atoms with E-state index >= 15 is 0 Å². The fourth-order valence-electron chi connectivity index (χ4n) is 1.73. The summed E-state index contributed by atoms with van der Waals surface area (Å²) in [7, 11) is 1.62. The average Bonchev–Trinajstić information content (AvgIpc) is 2.14. The number of ether oxygens (including phenoxy) is 1. The van der Waals surface area contributed by atoms with Crippen molar-refractivity contribution in [3.8, 4) is 5.75 Å². The van der Waals surface area contributed by atoms with Crippen LogP contribution in [-0.2, 0) is 5.60 Å². The molecular formula is C13H19ClO2. The van der Waals surface area contributed by atoms with Gasteiger partial charge >= 0.3 is 0 Å². The van der Waals surface area contributed by atoms with Gasteiger partial charge in [0, 0.05) is 10.6 Å². The van der Waals surface area contributed by atoms with Crippen LogP contribution in [0.25, 0.3) is 0 Å². The molecule has 0 aromatic heterocycles. The van der Waals surface area contributed by atoms with Crippen molar-refractivity contribution in [2.45, 2.75) is 39.2 Å². The van der Waals surface area contributed by atoms with Crippen molar-refractivity contribution in [1.29, 1.82) is 0 Å². The second kappa shape index (κ2) is 4.64. The van der Waals surface area contributed by atoms with Gasteiger partial charge in [-0.05, 0) is 37.5 Å². The van der Waals surface area contributed by atoms with Crippen molar-refractivity contribution >= 4 is 11.6 Å². The largest absolute Gasteiger partial charge is 0.496 e. The van der Waals surface area contributed by atoms with E-state index in [-0.39, 0.29) is 0 Å². The molecule has 0 spiro atoms. The Labute approximate surface area is 102 Å². The molecule has 1 rings (SSSR count). The highest BCUT2D eigenvalue weighted by Gasteiger charge is 2.24. The van der Waals surface area contributed by atoms with Gasteiger partial charge in [-0.3, -0.25) is 0 Å². The standard InChI is InChI=1S/C13H19ClO2/c1-8(2)10-6-9(14)7-11(12(10)16-5)13(3,4)15/h6-8,15H,1-5H3. The van der Waals surface area contributed by atoms with Crippen molar-refractivity contribution in [2.75, 3.05) is 7.11 Å². The normalized spacial score (nSPS) is 12.0. The first-order chi connectivity index (χ1) is 7.27. The van der Waals surface area contributed by atoms with Gasteiger partial charge in [-0.1, -0.05) is 25.4 Å². The second-order valence-corrected chi connectivity index (χ2v) is 5.23. The molecule has 0 atom stereocenters. The van der Waals surface area contributed by atoms with Gasteiger partial charge in [-0.2, -0.15) is 0 Å². The lowest BCUT2D eigenvalue weighted by molar-refractivity contribution is 0.0754. The molecule has 90 valence electrons. The van der Waals surface area contributed by atoms with Gasteiger partial charge in [0.05, 0.1) is 12.7 Å². The van der Waals surface area contributed by atoms with Crippen LogP contribution in [0.1, 0.15) is 44.7 Å². The van der Waals surface area contributed by atoms with Crippen LogP contribution in [-0.4, -0.2) is 12.2 Å². The molecule has 0 fully saturated rings. The summed E-state index contributed by atoms with van der Waals surface area (Å²) in [6, 6.07) is 3.65. The number of hydrogen-bond donors (Lipinski definition) is 1. The summed E-state index contributed by atoms with van der Waals surface area (Å²) in [5, 5.41) is 10.7. The molecule has 2 nitrogen and oxygen atoms in total. The van der Waals surface area contributed by atoms with Crippen LogP contribution in [0, 0.1) is 0 Å². The Balaban J connectivity index is 3.49. The lowest BCUT2D eigenvalue weighted by Gasteiger charge is -2.24. The van der Waals surface area contributed by atoms with Gasteiger partial charge in [0.1, 0.15) is 5.75 Å². The monoisotopic (exact) mass is 242 g/mol. The van der Waals surface area contributed by atoms with Gasteiger partial charge in [0.25, 0.3) is 0 Å². The Bertz CT molecular complexity index is 378. The zero-order valence-electron chi connectivity index (χ0n) is 10.5. The summed E-state index contributed by atoms with van der Waals surface area (Å²) in [5.41, 5.74) is 0.790. The molecule has 0 heterocycles. The summed E-state index contributed by atoms with van der Waals surface area (Å²) < 4.78 is 5.40.